The van der Waals surface area contributed by atoms with Crippen LogP contribution in [0.25, 0.3) is 0 Å². The van der Waals surface area contributed by atoms with Crippen LogP contribution in [0.2, 0.25) is 0 Å². The third kappa shape index (κ3) is 4.34. The number of aliphatic imine (C=N–C) groups is 1. The number of hydrogen-bond acceptors (Lipinski definition) is 2. The summed E-state index contributed by atoms with van der Waals surface area (Å²) in [4.78, 5) is 4.10. The molecule has 108 valence electrons. The van der Waals surface area contributed by atoms with Gasteiger partial charge < -0.3 is 10.6 Å². The molecular weight excluding hydrogens is 370 g/mol. The highest BCUT2D eigenvalue weighted by molar-refractivity contribution is 14.0. The molecule has 0 radical (unpaired) electrons. The SMILES string of the molecule is CN=C(NCc1cc(C#N)ccc1F)NC1CC1C.I. The molecule has 2 atom stereocenters. The second-order valence-corrected chi connectivity index (χ2v) is 4.81. The van der Waals surface area contributed by atoms with Gasteiger partial charge in [0.15, 0.2) is 5.96 Å². The fourth-order valence-electron chi connectivity index (χ4n) is 1.85. The van der Waals surface area contributed by atoms with Gasteiger partial charge in [0.1, 0.15) is 5.82 Å². The second kappa shape index (κ2) is 7.43. The van der Waals surface area contributed by atoms with Gasteiger partial charge >= 0.3 is 0 Å². The van der Waals surface area contributed by atoms with Crippen LogP contribution in [0.3, 0.4) is 0 Å². The standard InChI is InChI=1S/C14H17FN4.HI/c1-9-5-13(9)19-14(17-2)18-8-11-6-10(7-16)3-4-12(11)15;/h3-4,6,9,13H,5,8H2,1-2H3,(H2,17,18,19);1H. The highest BCUT2D eigenvalue weighted by Crippen LogP contribution is 2.28. The minimum atomic E-state index is -0.318. The van der Waals surface area contributed by atoms with Crippen molar-refractivity contribution < 1.29 is 4.39 Å². The van der Waals surface area contributed by atoms with E-state index in [1.54, 1.807) is 13.1 Å². The zero-order valence-electron chi connectivity index (χ0n) is 11.5. The molecule has 1 saturated carbocycles. The van der Waals surface area contributed by atoms with Crippen LogP contribution in [-0.2, 0) is 6.54 Å². The van der Waals surface area contributed by atoms with E-state index in [0.29, 0.717) is 35.6 Å². The lowest BCUT2D eigenvalue weighted by atomic mass is 10.1. The van der Waals surface area contributed by atoms with Gasteiger partial charge in [0.2, 0.25) is 0 Å². The van der Waals surface area contributed by atoms with Gasteiger partial charge in [0, 0.05) is 25.2 Å². The molecule has 1 aromatic rings. The summed E-state index contributed by atoms with van der Waals surface area (Å²) >= 11 is 0. The lowest BCUT2D eigenvalue weighted by Gasteiger charge is -2.12. The number of rotatable bonds is 3. The first-order chi connectivity index (χ1) is 9.13. The Bertz CT molecular complexity index is 538. The molecule has 1 aliphatic rings. The smallest absolute Gasteiger partial charge is 0.191 e. The summed E-state index contributed by atoms with van der Waals surface area (Å²) in [6.45, 7) is 2.48. The van der Waals surface area contributed by atoms with Crippen molar-refractivity contribution in [2.45, 2.75) is 25.9 Å². The van der Waals surface area contributed by atoms with Crippen LogP contribution in [0.1, 0.15) is 24.5 Å². The van der Waals surface area contributed by atoms with E-state index < -0.39 is 0 Å². The summed E-state index contributed by atoms with van der Waals surface area (Å²) in [5.74, 6) is 1.01. The summed E-state index contributed by atoms with van der Waals surface area (Å²) in [5, 5.41) is 15.1. The number of guanidine groups is 1. The maximum Gasteiger partial charge on any atom is 0.191 e. The first-order valence-electron chi connectivity index (χ1n) is 6.29. The molecule has 1 aromatic carbocycles. The van der Waals surface area contributed by atoms with Crippen molar-refractivity contribution in [3.05, 3.63) is 35.1 Å². The van der Waals surface area contributed by atoms with Crippen LogP contribution in [-0.4, -0.2) is 19.0 Å². The molecular formula is C14H18FIN4. The van der Waals surface area contributed by atoms with E-state index in [1.807, 2.05) is 6.07 Å². The predicted molar refractivity (Wildman–Crippen MR) is 87.4 cm³/mol. The maximum atomic E-state index is 13.6. The summed E-state index contributed by atoms with van der Waals surface area (Å²) in [5.41, 5.74) is 0.919. The van der Waals surface area contributed by atoms with Crippen LogP contribution in [0, 0.1) is 23.1 Å². The van der Waals surface area contributed by atoms with Crippen molar-refractivity contribution in [1.82, 2.24) is 10.6 Å². The van der Waals surface area contributed by atoms with Gasteiger partial charge in [-0.2, -0.15) is 5.26 Å². The molecule has 6 heteroatoms. The molecule has 20 heavy (non-hydrogen) atoms. The Morgan fingerprint density at radius 2 is 2.25 bits per heavy atom. The second-order valence-electron chi connectivity index (χ2n) is 4.81. The van der Waals surface area contributed by atoms with Crippen molar-refractivity contribution in [3.8, 4) is 6.07 Å². The molecule has 0 aromatic heterocycles. The number of nitriles is 1. The van der Waals surface area contributed by atoms with Gasteiger partial charge in [-0.3, -0.25) is 4.99 Å². The van der Waals surface area contributed by atoms with Gasteiger partial charge in [-0.25, -0.2) is 4.39 Å². The third-order valence-corrected chi connectivity index (χ3v) is 3.28. The molecule has 2 rings (SSSR count). The zero-order chi connectivity index (χ0) is 13.8. The monoisotopic (exact) mass is 388 g/mol. The molecule has 0 spiro atoms. The number of halogens is 2. The average Bonchev–Trinajstić information content (AvgIpc) is 3.11. The molecule has 0 aliphatic heterocycles. The van der Waals surface area contributed by atoms with Crippen molar-refractivity contribution in [3.63, 3.8) is 0 Å². The van der Waals surface area contributed by atoms with Crippen LogP contribution < -0.4 is 10.6 Å². The fraction of sp³-hybridized carbons (Fsp3) is 0.429. The van der Waals surface area contributed by atoms with E-state index >= 15 is 0 Å². The molecule has 1 fully saturated rings. The predicted octanol–water partition coefficient (Wildman–Crippen LogP) is 2.39. The molecule has 2 unspecified atom stereocenters. The minimum Gasteiger partial charge on any atom is -0.353 e. The van der Waals surface area contributed by atoms with E-state index in [2.05, 4.69) is 22.5 Å². The molecule has 4 nitrogen and oxygen atoms in total. The lowest BCUT2D eigenvalue weighted by molar-refractivity contribution is 0.604. The van der Waals surface area contributed by atoms with Crippen molar-refractivity contribution in [2.24, 2.45) is 10.9 Å². The first-order valence-corrected chi connectivity index (χ1v) is 6.29. The number of hydrogen-bond donors (Lipinski definition) is 2. The van der Waals surface area contributed by atoms with Crippen molar-refractivity contribution in [2.75, 3.05) is 7.05 Å². The normalized spacial score (nSPS) is 20.6. The van der Waals surface area contributed by atoms with Crippen LogP contribution in [0.4, 0.5) is 4.39 Å². The van der Waals surface area contributed by atoms with Crippen LogP contribution in [0.15, 0.2) is 23.2 Å². The first kappa shape index (κ1) is 16.7. The summed E-state index contributed by atoms with van der Waals surface area (Å²) in [7, 11) is 1.68. The van der Waals surface area contributed by atoms with Crippen LogP contribution in [0.5, 0.6) is 0 Å². The number of benzene rings is 1. The van der Waals surface area contributed by atoms with Gasteiger partial charge in [-0.05, 0) is 30.5 Å². The fourth-order valence-corrected chi connectivity index (χ4v) is 1.85. The Labute approximate surface area is 135 Å². The zero-order valence-corrected chi connectivity index (χ0v) is 13.8. The van der Waals surface area contributed by atoms with E-state index in [0.717, 1.165) is 6.42 Å². The molecule has 1 aliphatic carbocycles. The van der Waals surface area contributed by atoms with Crippen LogP contribution >= 0.6 is 24.0 Å². The molecule has 0 heterocycles. The number of nitrogens with one attached hydrogen (secondary N) is 2. The minimum absolute atomic E-state index is 0. The van der Waals surface area contributed by atoms with Gasteiger partial charge in [0.05, 0.1) is 11.6 Å². The van der Waals surface area contributed by atoms with E-state index in [4.69, 9.17) is 5.26 Å². The average molecular weight is 388 g/mol. The van der Waals surface area contributed by atoms with Gasteiger partial charge in [-0.15, -0.1) is 24.0 Å². The Kier molecular flexibility index (Phi) is 6.20. The van der Waals surface area contributed by atoms with Gasteiger partial charge in [-0.1, -0.05) is 6.92 Å². The summed E-state index contributed by atoms with van der Waals surface area (Å²) in [6.07, 6.45) is 1.14. The Balaban J connectivity index is 0.00000200. The topological polar surface area (TPSA) is 60.2 Å². The molecule has 0 saturated heterocycles. The summed E-state index contributed by atoms with van der Waals surface area (Å²) < 4.78 is 13.6. The number of nitrogens with zero attached hydrogens (tertiary/aromatic N) is 2. The molecule has 0 amide bonds. The highest BCUT2D eigenvalue weighted by atomic mass is 127. The quantitative estimate of drug-likeness (QED) is 0.475. The maximum absolute atomic E-state index is 13.6. The largest absolute Gasteiger partial charge is 0.353 e. The van der Waals surface area contributed by atoms with Crippen molar-refractivity contribution in [1.29, 1.82) is 5.26 Å². The molecule has 0 bridgehead atoms. The van der Waals surface area contributed by atoms with E-state index in [1.165, 1.54) is 12.1 Å². The van der Waals surface area contributed by atoms with E-state index in [-0.39, 0.29) is 29.8 Å². The lowest BCUT2D eigenvalue weighted by Crippen LogP contribution is -2.38. The van der Waals surface area contributed by atoms with Crippen molar-refractivity contribution >= 4 is 29.9 Å². The van der Waals surface area contributed by atoms with Gasteiger partial charge in [0.25, 0.3) is 0 Å². The van der Waals surface area contributed by atoms with E-state index in [9.17, 15) is 4.39 Å². The highest BCUT2D eigenvalue weighted by Gasteiger charge is 2.33. The molecule has 2 N–H and O–H groups in total. The Hall–Kier alpha value is -1.36. The Morgan fingerprint density at radius 1 is 1.55 bits per heavy atom. The Morgan fingerprint density at radius 3 is 2.80 bits per heavy atom. The summed E-state index contributed by atoms with van der Waals surface area (Å²) in [6, 6.07) is 6.80. The third-order valence-electron chi connectivity index (χ3n) is 3.28.